The quantitative estimate of drug-likeness (QED) is 0.604. The second-order valence-electron chi connectivity index (χ2n) is 7.31. The van der Waals surface area contributed by atoms with Gasteiger partial charge < -0.3 is 4.48 Å². The summed E-state index contributed by atoms with van der Waals surface area (Å²) in [5.74, 6) is 0. The Bertz CT molecular complexity index is 176. The van der Waals surface area contributed by atoms with E-state index in [-0.39, 0.29) is 11.1 Å². The molecule has 0 atom stereocenters. The van der Waals surface area contributed by atoms with Crippen molar-refractivity contribution in [2.24, 2.45) is 0 Å². The zero-order valence-corrected chi connectivity index (χ0v) is 12.6. The van der Waals surface area contributed by atoms with Crippen molar-refractivity contribution in [3.8, 4) is 0 Å². The fourth-order valence-electron chi connectivity index (χ4n) is 4.70. The first-order valence-corrected chi connectivity index (χ1v) is 6.27. The molecular formula is C14H32N+. The molecule has 0 aliphatic carbocycles. The van der Waals surface area contributed by atoms with Gasteiger partial charge >= 0.3 is 0 Å². The summed E-state index contributed by atoms with van der Waals surface area (Å²) in [6.45, 7) is 23.7. The van der Waals surface area contributed by atoms with Crippen LogP contribution in [0.2, 0.25) is 0 Å². The third-order valence-corrected chi connectivity index (χ3v) is 3.85. The number of hydrogen-bond donors (Lipinski definition) is 0. The van der Waals surface area contributed by atoms with E-state index >= 15 is 0 Å². The minimum atomic E-state index is 0.278. The first-order valence-electron chi connectivity index (χ1n) is 6.27. The van der Waals surface area contributed by atoms with Gasteiger partial charge in [0.1, 0.15) is 0 Å². The van der Waals surface area contributed by atoms with Crippen LogP contribution in [-0.2, 0) is 0 Å². The number of hydrogen-bond acceptors (Lipinski definition) is 0. The number of quaternary nitrogens is 1. The maximum atomic E-state index is 2.37. The van der Waals surface area contributed by atoms with Gasteiger partial charge in [-0.3, -0.25) is 0 Å². The van der Waals surface area contributed by atoms with E-state index in [1.54, 1.807) is 0 Å². The lowest BCUT2D eigenvalue weighted by Gasteiger charge is -2.62. The van der Waals surface area contributed by atoms with E-state index < -0.39 is 0 Å². The molecule has 0 unspecified atom stereocenters. The van der Waals surface area contributed by atoms with E-state index in [4.69, 9.17) is 0 Å². The maximum absolute atomic E-state index is 2.37. The summed E-state index contributed by atoms with van der Waals surface area (Å²) >= 11 is 0. The Morgan fingerprint density at radius 2 is 0.800 bits per heavy atom. The van der Waals surface area contributed by atoms with E-state index in [0.717, 1.165) is 4.48 Å². The predicted octanol–water partition coefficient (Wildman–Crippen LogP) is 4.22. The molecule has 0 aliphatic rings. The van der Waals surface area contributed by atoms with Crippen molar-refractivity contribution >= 4 is 0 Å². The second-order valence-corrected chi connectivity index (χ2v) is 7.31. The normalized spacial score (nSPS) is 15.2. The highest BCUT2D eigenvalue weighted by molar-refractivity contribution is 4.78. The Labute approximate surface area is 97.5 Å². The van der Waals surface area contributed by atoms with Gasteiger partial charge in [-0.25, -0.2) is 0 Å². The van der Waals surface area contributed by atoms with Gasteiger partial charge in [-0.2, -0.15) is 0 Å². The van der Waals surface area contributed by atoms with Crippen LogP contribution in [0.15, 0.2) is 0 Å². The van der Waals surface area contributed by atoms with Crippen molar-refractivity contribution in [3.63, 3.8) is 0 Å². The van der Waals surface area contributed by atoms with E-state index in [1.807, 2.05) is 0 Å². The molecule has 0 spiro atoms. The highest BCUT2D eigenvalue weighted by Gasteiger charge is 2.53. The Morgan fingerprint density at radius 3 is 0.800 bits per heavy atom. The van der Waals surface area contributed by atoms with Crippen LogP contribution in [-0.4, -0.2) is 27.6 Å². The van der Waals surface area contributed by atoms with E-state index in [2.05, 4.69) is 69.2 Å². The highest BCUT2D eigenvalue weighted by Crippen LogP contribution is 2.41. The van der Waals surface area contributed by atoms with Crippen molar-refractivity contribution < 1.29 is 4.48 Å². The van der Waals surface area contributed by atoms with E-state index in [9.17, 15) is 0 Å². The fraction of sp³-hybridized carbons (Fsp3) is 1.00. The molecule has 0 aromatic rings. The van der Waals surface area contributed by atoms with Gasteiger partial charge in [0.05, 0.1) is 23.2 Å². The van der Waals surface area contributed by atoms with Crippen LogP contribution in [0.1, 0.15) is 69.2 Å². The molecule has 1 nitrogen and oxygen atoms in total. The zero-order chi connectivity index (χ0) is 12.7. The molecule has 0 rings (SSSR count). The summed E-state index contributed by atoms with van der Waals surface area (Å²) in [4.78, 5) is 0. The molecule has 0 bridgehead atoms. The molecular weight excluding hydrogens is 182 g/mol. The summed E-state index contributed by atoms with van der Waals surface area (Å²) in [5.41, 5.74) is 0.557. The average molecular weight is 214 g/mol. The number of nitrogens with zero attached hydrogens (tertiary/aromatic N) is 1. The maximum Gasteiger partial charge on any atom is 0.0914 e. The molecule has 0 amide bonds. The molecule has 92 valence electrons. The van der Waals surface area contributed by atoms with Gasteiger partial charge in [-0.1, -0.05) is 0 Å². The minimum Gasteiger partial charge on any atom is -0.311 e. The molecule has 0 aromatic carbocycles. The van der Waals surface area contributed by atoms with Crippen LogP contribution in [0.5, 0.6) is 0 Å². The molecule has 15 heavy (non-hydrogen) atoms. The van der Waals surface area contributed by atoms with Crippen molar-refractivity contribution in [1.29, 1.82) is 0 Å². The standard InChI is InChI=1S/C14H32N/c1-11(2)15(12(3)4,13(5,6)7)14(8,9)10/h11-12H,1-10H3/q+1. The van der Waals surface area contributed by atoms with Crippen molar-refractivity contribution in [2.75, 3.05) is 0 Å². The molecule has 0 fully saturated rings. The van der Waals surface area contributed by atoms with Crippen LogP contribution >= 0.6 is 0 Å². The molecule has 0 N–H and O–H groups in total. The van der Waals surface area contributed by atoms with E-state index in [1.165, 1.54) is 0 Å². The van der Waals surface area contributed by atoms with Crippen LogP contribution < -0.4 is 0 Å². The molecule has 0 heterocycles. The Kier molecular flexibility index (Phi) is 4.07. The van der Waals surface area contributed by atoms with Crippen LogP contribution in [0.25, 0.3) is 0 Å². The summed E-state index contributed by atoms with van der Waals surface area (Å²) in [6, 6.07) is 1.29. The minimum absolute atomic E-state index is 0.278. The predicted molar refractivity (Wildman–Crippen MR) is 70.0 cm³/mol. The summed E-state index contributed by atoms with van der Waals surface area (Å²) in [7, 11) is 0. The van der Waals surface area contributed by atoms with Gasteiger partial charge in [0.25, 0.3) is 0 Å². The topological polar surface area (TPSA) is 0 Å². The summed E-state index contributed by atoms with van der Waals surface area (Å²) in [6.07, 6.45) is 0. The zero-order valence-electron chi connectivity index (χ0n) is 12.6. The second kappa shape index (κ2) is 4.08. The SMILES string of the molecule is CC(C)[N+](C(C)C)(C(C)(C)C)C(C)(C)C. The lowest BCUT2D eigenvalue weighted by molar-refractivity contribution is -1.04. The monoisotopic (exact) mass is 214 g/mol. The van der Waals surface area contributed by atoms with Crippen LogP contribution in [0.3, 0.4) is 0 Å². The average Bonchev–Trinajstić information content (AvgIpc) is 1.75. The van der Waals surface area contributed by atoms with Crippen molar-refractivity contribution in [2.45, 2.75) is 92.4 Å². The Balaban J connectivity index is 5.73. The molecule has 0 saturated carbocycles. The first-order chi connectivity index (χ1) is 6.39. The summed E-state index contributed by atoms with van der Waals surface area (Å²) in [5, 5.41) is 0. The highest BCUT2D eigenvalue weighted by atomic mass is 15.5. The van der Waals surface area contributed by atoms with Gasteiger partial charge in [0.2, 0.25) is 0 Å². The largest absolute Gasteiger partial charge is 0.311 e. The fourth-order valence-corrected chi connectivity index (χ4v) is 4.70. The van der Waals surface area contributed by atoms with Gasteiger partial charge in [-0.15, -0.1) is 0 Å². The van der Waals surface area contributed by atoms with Crippen LogP contribution in [0.4, 0.5) is 0 Å². The third kappa shape index (κ3) is 2.22. The Morgan fingerprint density at radius 1 is 0.600 bits per heavy atom. The lowest BCUT2D eigenvalue weighted by Crippen LogP contribution is -2.75. The molecule has 0 radical (unpaired) electrons. The number of rotatable bonds is 2. The van der Waals surface area contributed by atoms with Crippen molar-refractivity contribution in [3.05, 3.63) is 0 Å². The van der Waals surface area contributed by atoms with Gasteiger partial charge in [0, 0.05) is 0 Å². The van der Waals surface area contributed by atoms with Gasteiger partial charge in [0.15, 0.2) is 0 Å². The smallest absolute Gasteiger partial charge is 0.0914 e. The first kappa shape index (κ1) is 15.0. The van der Waals surface area contributed by atoms with Gasteiger partial charge in [-0.05, 0) is 69.2 Å². The molecule has 0 saturated heterocycles. The third-order valence-electron chi connectivity index (χ3n) is 3.85. The molecule has 1 heteroatoms. The molecule has 0 aliphatic heterocycles. The molecule has 0 aromatic heterocycles. The van der Waals surface area contributed by atoms with Crippen molar-refractivity contribution in [1.82, 2.24) is 0 Å². The summed E-state index contributed by atoms with van der Waals surface area (Å²) < 4.78 is 1.15. The Hall–Kier alpha value is -0.0400. The lowest BCUT2D eigenvalue weighted by atomic mass is 9.85. The van der Waals surface area contributed by atoms with E-state index in [0.29, 0.717) is 12.1 Å². The van der Waals surface area contributed by atoms with Crippen LogP contribution in [0, 0.1) is 0 Å².